The molecule has 1 atom stereocenters. The average molecular weight is 244 g/mol. The molecule has 3 N–H and O–H groups in total. The molecular weight excluding hydrogens is 224 g/mol. The molecule has 0 saturated carbocycles. The molecule has 0 radical (unpaired) electrons. The average Bonchev–Trinajstić information content (AvgIpc) is 2.62. The summed E-state index contributed by atoms with van der Waals surface area (Å²) in [6.07, 6.45) is 1.70. The highest BCUT2D eigenvalue weighted by Crippen LogP contribution is 2.25. The van der Waals surface area contributed by atoms with Crippen LogP contribution < -0.4 is 11.1 Å². The van der Waals surface area contributed by atoms with Crippen LogP contribution in [0.25, 0.3) is 0 Å². The quantitative estimate of drug-likeness (QED) is 0.724. The van der Waals surface area contributed by atoms with E-state index >= 15 is 0 Å². The number of hydrogen-bond acceptors (Lipinski definition) is 3. The van der Waals surface area contributed by atoms with Crippen molar-refractivity contribution >= 4 is 23.1 Å². The van der Waals surface area contributed by atoms with Crippen molar-refractivity contribution in [2.75, 3.05) is 13.2 Å². The lowest BCUT2D eigenvalue weighted by Gasteiger charge is -2.27. The Morgan fingerprint density at radius 1 is 1.62 bits per heavy atom. The molecule has 1 aliphatic rings. The zero-order valence-corrected chi connectivity index (χ0v) is 10.9. The second kappa shape index (κ2) is 4.67. The standard InChI is InChI=1S/C11H20N2O2S/c1-10(2,8(12)16)7-13-9(14)11(3)5-4-6-15-11/h4-7H2,1-3H3,(H2,12,16)(H,13,14). The molecule has 5 heteroatoms. The number of rotatable bonds is 4. The third-order valence-corrected chi connectivity index (χ3v) is 3.61. The van der Waals surface area contributed by atoms with Gasteiger partial charge in [0.05, 0.1) is 4.99 Å². The molecule has 0 aromatic carbocycles. The van der Waals surface area contributed by atoms with Gasteiger partial charge in [-0.1, -0.05) is 26.1 Å². The first-order valence-corrected chi connectivity index (χ1v) is 5.91. The first kappa shape index (κ1) is 13.4. The van der Waals surface area contributed by atoms with E-state index in [-0.39, 0.29) is 11.3 Å². The maximum Gasteiger partial charge on any atom is 0.251 e. The van der Waals surface area contributed by atoms with E-state index in [4.69, 9.17) is 22.7 Å². The fraction of sp³-hybridized carbons (Fsp3) is 0.818. The Morgan fingerprint density at radius 2 is 2.25 bits per heavy atom. The lowest BCUT2D eigenvalue weighted by molar-refractivity contribution is -0.139. The second-order valence-electron chi connectivity index (χ2n) is 5.11. The maximum atomic E-state index is 11.9. The normalized spacial score (nSPS) is 25.4. The van der Waals surface area contributed by atoms with E-state index < -0.39 is 5.60 Å². The van der Waals surface area contributed by atoms with Crippen molar-refractivity contribution in [3.63, 3.8) is 0 Å². The predicted molar refractivity (Wildman–Crippen MR) is 67.2 cm³/mol. The molecule has 1 amide bonds. The van der Waals surface area contributed by atoms with Crippen molar-refractivity contribution in [1.29, 1.82) is 0 Å². The van der Waals surface area contributed by atoms with Crippen molar-refractivity contribution in [2.24, 2.45) is 11.1 Å². The van der Waals surface area contributed by atoms with Gasteiger partial charge >= 0.3 is 0 Å². The Hall–Kier alpha value is -0.680. The number of hydrogen-bond donors (Lipinski definition) is 2. The minimum absolute atomic E-state index is 0.0747. The van der Waals surface area contributed by atoms with E-state index in [1.165, 1.54) is 0 Å². The number of nitrogens with one attached hydrogen (secondary N) is 1. The number of amides is 1. The summed E-state index contributed by atoms with van der Waals surface area (Å²) < 4.78 is 5.45. The van der Waals surface area contributed by atoms with E-state index in [0.717, 1.165) is 12.8 Å². The lowest BCUT2D eigenvalue weighted by Crippen LogP contribution is -2.49. The highest BCUT2D eigenvalue weighted by Gasteiger charge is 2.38. The van der Waals surface area contributed by atoms with Gasteiger partial charge in [0.25, 0.3) is 5.91 Å². The summed E-state index contributed by atoms with van der Waals surface area (Å²) in [6, 6.07) is 0. The van der Waals surface area contributed by atoms with Crippen LogP contribution >= 0.6 is 12.2 Å². The minimum atomic E-state index is -0.674. The largest absolute Gasteiger partial charge is 0.393 e. The maximum absolute atomic E-state index is 11.9. The highest BCUT2D eigenvalue weighted by molar-refractivity contribution is 7.80. The number of carbonyl (C=O) groups excluding carboxylic acids is 1. The van der Waals surface area contributed by atoms with Crippen molar-refractivity contribution in [3.05, 3.63) is 0 Å². The third kappa shape index (κ3) is 2.92. The van der Waals surface area contributed by atoms with E-state index in [1.807, 2.05) is 20.8 Å². The van der Waals surface area contributed by atoms with Crippen LogP contribution in [0.15, 0.2) is 0 Å². The van der Waals surface area contributed by atoms with Gasteiger partial charge in [-0.05, 0) is 19.8 Å². The molecule has 92 valence electrons. The zero-order chi connectivity index (χ0) is 12.4. The SMILES string of the molecule is CC(C)(CNC(=O)C1(C)CCCO1)C(N)=S. The number of ether oxygens (including phenoxy) is 1. The van der Waals surface area contributed by atoms with E-state index in [9.17, 15) is 4.79 Å². The summed E-state index contributed by atoms with van der Waals surface area (Å²) in [5, 5.41) is 2.86. The molecule has 16 heavy (non-hydrogen) atoms. The molecule has 1 fully saturated rings. The first-order valence-electron chi connectivity index (χ1n) is 5.50. The Kier molecular flexibility index (Phi) is 3.91. The molecule has 1 aliphatic heterocycles. The smallest absolute Gasteiger partial charge is 0.251 e. The fourth-order valence-electron chi connectivity index (χ4n) is 1.53. The van der Waals surface area contributed by atoms with Crippen LogP contribution in [0.4, 0.5) is 0 Å². The molecule has 1 heterocycles. The van der Waals surface area contributed by atoms with E-state index in [2.05, 4.69) is 5.32 Å². The minimum Gasteiger partial charge on any atom is -0.393 e. The van der Waals surface area contributed by atoms with Gasteiger partial charge in [-0.3, -0.25) is 4.79 Å². The molecule has 0 bridgehead atoms. The Bertz CT molecular complexity index is 296. The van der Waals surface area contributed by atoms with Crippen molar-refractivity contribution < 1.29 is 9.53 Å². The zero-order valence-electron chi connectivity index (χ0n) is 10.1. The van der Waals surface area contributed by atoms with E-state index in [0.29, 0.717) is 18.1 Å². The summed E-state index contributed by atoms with van der Waals surface area (Å²) >= 11 is 4.94. The summed E-state index contributed by atoms with van der Waals surface area (Å²) in [6.45, 7) is 6.74. The van der Waals surface area contributed by atoms with Crippen LogP contribution in [0.5, 0.6) is 0 Å². The fourth-order valence-corrected chi connectivity index (χ4v) is 1.61. The van der Waals surface area contributed by atoms with Crippen LogP contribution in [0, 0.1) is 5.41 Å². The van der Waals surface area contributed by atoms with Gasteiger partial charge < -0.3 is 15.8 Å². The van der Waals surface area contributed by atoms with Gasteiger partial charge in [0.1, 0.15) is 5.60 Å². The van der Waals surface area contributed by atoms with Crippen LogP contribution in [-0.2, 0) is 9.53 Å². The van der Waals surface area contributed by atoms with Crippen LogP contribution in [0.3, 0.4) is 0 Å². The van der Waals surface area contributed by atoms with Crippen LogP contribution in [0.2, 0.25) is 0 Å². The van der Waals surface area contributed by atoms with Gasteiger partial charge in [-0.2, -0.15) is 0 Å². The van der Waals surface area contributed by atoms with Gasteiger partial charge in [0, 0.05) is 18.6 Å². The molecule has 1 saturated heterocycles. The summed E-state index contributed by atoms with van der Waals surface area (Å²) in [5.74, 6) is -0.0747. The third-order valence-electron chi connectivity index (χ3n) is 3.06. The summed E-state index contributed by atoms with van der Waals surface area (Å²) in [5.41, 5.74) is 4.56. The Labute approximate surface area is 102 Å². The van der Waals surface area contributed by atoms with Gasteiger partial charge in [0.15, 0.2) is 0 Å². The van der Waals surface area contributed by atoms with Crippen LogP contribution in [-0.4, -0.2) is 29.6 Å². The van der Waals surface area contributed by atoms with Gasteiger partial charge in [-0.15, -0.1) is 0 Å². The summed E-state index contributed by atoms with van der Waals surface area (Å²) in [7, 11) is 0. The molecular formula is C11H20N2O2S. The van der Waals surface area contributed by atoms with Gasteiger partial charge in [-0.25, -0.2) is 0 Å². The van der Waals surface area contributed by atoms with Crippen molar-refractivity contribution in [2.45, 2.75) is 39.2 Å². The predicted octanol–water partition coefficient (Wildman–Crippen LogP) is 0.984. The molecule has 1 rings (SSSR count). The Morgan fingerprint density at radius 3 is 2.69 bits per heavy atom. The number of carbonyl (C=O) groups is 1. The monoisotopic (exact) mass is 244 g/mol. The molecule has 0 aromatic heterocycles. The molecule has 0 spiro atoms. The summed E-state index contributed by atoms with van der Waals surface area (Å²) in [4.78, 5) is 12.3. The molecule has 4 nitrogen and oxygen atoms in total. The molecule has 0 aliphatic carbocycles. The topological polar surface area (TPSA) is 64.3 Å². The number of thiocarbonyl (C=S) groups is 1. The Balaban J connectivity index is 2.50. The number of nitrogens with two attached hydrogens (primary N) is 1. The lowest BCUT2D eigenvalue weighted by atomic mass is 9.93. The second-order valence-corrected chi connectivity index (χ2v) is 5.55. The van der Waals surface area contributed by atoms with Gasteiger partial charge in [0.2, 0.25) is 0 Å². The highest BCUT2D eigenvalue weighted by atomic mass is 32.1. The molecule has 1 unspecified atom stereocenters. The van der Waals surface area contributed by atoms with Crippen LogP contribution in [0.1, 0.15) is 33.6 Å². The van der Waals surface area contributed by atoms with Crippen molar-refractivity contribution in [3.8, 4) is 0 Å². The first-order chi connectivity index (χ1) is 7.28. The molecule has 0 aromatic rings. The van der Waals surface area contributed by atoms with E-state index in [1.54, 1.807) is 0 Å². The van der Waals surface area contributed by atoms with Crippen molar-refractivity contribution in [1.82, 2.24) is 5.32 Å².